The molecule has 1 heterocycles. The van der Waals surface area contributed by atoms with E-state index in [2.05, 4.69) is 15.5 Å². The summed E-state index contributed by atoms with van der Waals surface area (Å²) in [6, 6.07) is 0. The number of ether oxygens (including phenoxy) is 1. The molecule has 0 fully saturated rings. The van der Waals surface area contributed by atoms with Crippen molar-refractivity contribution in [2.24, 2.45) is 0 Å². The van der Waals surface area contributed by atoms with Crippen LogP contribution in [0.5, 0.6) is 5.19 Å². The summed E-state index contributed by atoms with van der Waals surface area (Å²) in [5, 5.41) is 11.0. The van der Waals surface area contributed by atoms with Crippen LogP contribution in [0.2, 0.25) is 0 Å². The highest BCUT2D eigenvalue weighted by molar-refractivity contribution is 7.13. The van der Waals surface area contributed by atoms with Gasteiger partial charge in [-0.05, 0) is 7.05 Å². The van der Waals surface area contributed by atoms with E-state index in [1.54, 1.807) is 7.05 Å². The fourth-order valence-corrected chi connectivity index (χ4v) is 1.50. The zero-order valence-electron chi connectivity index (χ0n) is 7.97. The molecule has 0 amide bonds. The van der Waals surface area contributed by atoms with Gasteiger partial charge < -0.3 is 10.1 Å². The zero-order valence-corrected chi connectivity index (χ0v) is 8.78. The summed E-state index contributed by atoms with van der Waals surface area (Å²) in [5.41, 5.74) is 0. The lowest BCUT2D eigenvalue weighted by Gasteiger charge is -2.04. The van der Waals surface area contributed by atoms with Gasteiger partial charge in [0.05, 0.1) is 13.0 Å². The van der Waals surface area contributed by atoms with Crippen LogP contribution >= 0.6 is 11.3 Å². The molecule has 0 radical (unpaired) electrons. The van der Waals surface area contributed by atoms with Crippen LogP contribution in [0.25, 0.3) is 0 Å². The standard InChI is InChI=1S/C7H10F3N3OS/c1-11-4-5-12-13-6(15-5)14-3-2-7(8,9)10/h11H,2-4H2,1H3. The number of nitrogens with zero attached hydrogens (tertiary/aromatic N) is 2. The first-order valence-electron chi connectivity index (χ1n) is 4.18. The van der Waals surface area contributed by atoms with Gasteiger partial charge in [0.25, 0.3) is 5.19 Å². The topological polar surface area (TPSA) is 47.0 Å². The number of nitrogens with one attached hydrogen (secondary N) is 1. The minimum Gasteiger partial charge on any atom is -0.469 e. The molecule has 0 atom stereocenters. The van der Waals surface area contributed by atoms with Crippen molar-refractivity contribution < 1.29 is 17.9 Å². The maximum atomic E-state index is 11.8. The van der Waals surface area contributed by atoms with Crippen molar-refractivity contribution in [3.8, 4) is 5.19 Å². The van der Waals surface area contributed by atoms with Crippen molar-refractivity contribution in [2.45, 2.75) is 19.1 Å². The van der Waals surface area contributed by atoms with Crippen molar-refractivity contribution in [2.75, 3.05) is 13.7 Å². The molecule has 0 saturated carbocycles. The quantitative estimate of drug-likeness (QED) is 0.850. The third kappa shape index (κ3) is 4.93. The molecule has 0 aliphatic heterocycles. The first kappa shape index (κ1) is 12.2. The van der Waals surface area contributed by atoms with E-state index in [0.717, 1.165) is 11.3 Å². The molecule has 15 heavy (non-hydrogen) atoms. The summed E-state index contributed by atoms with van der Waals surface area (Å²) in [6.45, 7) is 0.109. The second-order valence-corrected chi connectivity index (χ2v) is 3.73. The van der Waals surface area contributed by atoms with E-state index in [0.29, 0.717) is 11.6 Å². The third-order valence-electron chi connectivity index (χ3n) is 1.39. The van der Waals surface area contributed by atoms with Crippen molar-refractivity contribution in [1.82, 2.24) is 15.5 Å². The molecule has 8 heteroatoms. The van der Waals surface area contributed by atoms with Crippen LogP contribution in [0.4, 0.5) is 13.2 Å². The number of rotatable bonds is 5. The summed E-state index contributed by atoms with van der Waals surface area (Å²) >= 11 is 1.13. The Morgan fingerprint density at radius 1 is 1.40 bits per heavy atom. The Morgan fingerprint density at radius 2 is 2.13 bits per heavy atom. The van der Waals surface area contributed by atoms with E-state index >= 15 is 0 Å². The number of alkyl halides is 3. The SMILES string of the molecule is CNCc1nnc(OCCC(F)(F)F)s1. The molecule has 1 aromatic rings. The Morgan fingerprint density at radius 3 is 2.73 bits per heavy atom. The Kier molecular flexibility index (Phi) is 4.28. The Labute approximate surface area is 88.5 Å². The second kappa shape index (κ2) is 5.26. The van der Waals surface area contributed by atoms with Gasteiger partial charge in [-0.2, -0.15) is 13.2 Å². The summed E-state index contributed by atoms with van der Waals surface area (Å²) in [6.07, 6.45) is -5.17. The number of hydrogen-bond donors (Lipinski definition) is 1. The Hall–Kier alpha value is -0.890. The first-order chi connectivity index (χ1) is 7.01. The lowest BCUT2D eigenvalue weighted by molar-refractivity contribution is -0.139. The Balaban J connectivity index is 2.31. The van der Waals surface area contributed by atoms with Gasteiger partial charge in [-0.25, -0.2) is 0 Å². The minimum absolute atomic E-state index is 0.171. The third-order valence-corrected chi connectivity index (χ3v) is 2.22. The second-order valence-electron chi connectivity index (χ2n) is 2.71. The van der Waals surface area contributed by atoms with Crippen molar-refractivity contribution in [3.63, 3.8) is 0 Å². The van der Waals surface area contributed by atoms with E-state index in [4.69, 9.17) is 4.74 Å². The molecule has 0 unspecified atom stereocenters. The molecule has 1 rings (SSSR count). The predicted octanol–water partition coefficient (Wildman–Crippen LogP) is 1.59. The van der Waals surface area contributed by atoms with Gasteiger partial charge in [0.15, 0.2) is 0 Å². The summed E-state index contributed by atoms with van der Waals surface area (Å²) in [5.74, 6) is 0. The van der Waals surface area contributed by atoms with E-state index in [9.17, 15) is 13.2 Å². The van der Waals surface area contributed by atoms with Crippen LogP contribution in [-0.4, -0.2) is 30.0 Å². The molecular weight excluding hydrogens is 231 g/mol. The molecule has 0 aliphatic carbocycles. The van der Waals surface area contributed by atoms with Crippen LogP contribution in [0, 0.1) is 0 Å². The first-order valence-corrected chi connectivity index (χ1v) is 4.99. The average molecular weight is 241 g/mol. The maximum absolute atomic E-state index is 11.8. The molecule has 0 aromatic carbocycles. The number of aromatic nitrogens is 2. The van der Waals surface area contributed by atoms with E-state index in [1.807, 2.05) is 0 Å². The lowest BCUT2D eigenvalue weighted by Crippen LogP contribution is -2.12. The van der Waals surface area contributed by atoms with Crippen LogP contribution in [0.15, 0.2) is 0 Å². The molecule has 1 N–H and O–H groups in total. The molecule has 0 spiro atoms. The largest absolute Gasteiger partial charge is 0.469 e. The summed E-state index contributed by atoms with van der Waals surface area (Å²) in [7, 11) is 1.74. The smallest absolute Gasteiger partial charge is 0.392 e. The molecule has 0 aliphatic rings. The number of halogens is 3. The molecule has 86 valence electrons. The molecule has 0 bridgehead atoms. The summed E-state index contributed by atoms with van der Waals surface area (Å²) < 4.78 is 40.1. The van der Waals surface area contributed by atoms with E-state index in [-0.39, 0.29) is 5.19 Å². The molecular formula is C7H10F3N3OS. The monoisotopic (exact) mass is 241 g/mol. The van der Waals surface area contributed by atoms with Crippen molar-refractivity contribution in [3.05, 3.63) is 5.01 Å². The van der Waals surface area contributed by atoms with Gasteiger partial charge in [0.2, 0.25) is 0 Å². The van der Waals surface area contributed by atoms with Gasteiger partial charge in [0, 0.05) is 6.54 Å². The normalized spacial score (nSPS) is 11.7. The predicted molar refractivity (Wildman–Crippen MR) is 48.8 cm³/mol. The average Bonchev–Trinajstić information content (AvgIpc) is 2.51. The maximum Gasteiger partial charge on any atom is 0.392 e. The fourth-order valence-electron chi connectivity index (χ4n) is 0.773. The van der Waals surface area contributed by atoms with E-state index in [1.165, 1.54) is 0 Å². The van der Waals surface area contributed by atoms with Gasteiger partial charge in [-0.1, -0.05) is 11.3 Å². The minimum atomic E-state index is -4.20. The van der Waals surface area contributed by atoms with Gasteiger partial charge >= 0.3 is 6.18 Å². The van der Waals surface area contributed by atoms with Crippen LogP contribution in [0.3, 0.4) is 0 Å². The zero-order chi connectivity index (χ0) is 11.3. The van der Waals surface area contributed by atoms with Gasteiger partial charge in [-0.15, -0.1) is 10.2 Å². The van der Waals surface area contributed by atoms with Gasteiger partial charge in [0.1, 0.15) is 5.01 Å². The van der Waals surface area contributed by atoms with Crippen LogP contribution in [0.1, 0.15) is 11.4 Å². The van der Waals surface area contributed by atoms with Crippen LogP contribution in [-0.2, 0) is 6.54 Å². The highest BCUT2D eigenvalue weighted by atomic mass is 32.1. The molecule has 4 nitrogen and oxygen atoms in total. The molecule has 0 saturated heterocycles. The van der Waals surface area contributed by atoms with Crippen LogP contribution < -0.4 is 10.1 Å². The highest BCUT2D eigenvalue weighted by Crippen LogP contribution is 2.22. The highest BCUT2D eigenvalue weighted by Gasteiger charge is 2.27. The van der Waals surface area contributed by atoms with Crippen molar-refractivity contribution >= 4 is 11.3 Å². The molecule has 1 aromatic heterocycles. The van der Waals surface area contributed by atoms with E-state index < -0.39 is 19.2 Å². The van der Waals surface area contributed by atoms with Gasteiger partial charge in [-0.3, -0.25) is 0 Å². The Bertz CT molecular complexity index is 302. The fraction of sp³-hybridized carbons (Fsp3) is 0.714. The number of hydrogen-bond acceptors (Lipinski definition) is 5. The lowest BCUT2D eigenvalue weighted by atomic mass is 10.4. The van der Waals surface area contributed by atoms with Crippen molar-refractivity contribution in [1.29, 1.82) is 0 Å². The summed E-state index contributed by atoms with van der Waals surface area (Å²) in [4.78, 5) is 0.